The Morgan fingerprint density at radius 3 is 1.54 bits per heavy atom. The van der Waals surface area contributed by atoms with Crippen LogP contribution in [0.25, 0.3) is 0 Å². The molecule has 0 aromatic heterocycles. The van der Waals surface area contributed by atoms with Crippen LogP contribution in [-0.4, -0.2) is 130 Å². The molecule has 10 rings (SSSR count). The van der Waals surface area contributed by atoms with Gasteiger partial charge in [0, 0.05) is 39.3 Å². The van der Waals surface area contributed by atoms with Gasteiger partial charge in [0.05, 0.1) is 62.3 Å². The molecule has 0 aromatic carbocycles. The zero-order valence-electron chi connectivity index (χ0n) is 26.4. The van der Waals surface area contributed by atoms with Crippen molar-refractivity contribution in [3.63, 3.8) is 0 Å². The number of esters is 4. The molecule has 46 heavy (non-hydrogen) atoms. The normalized spacial score (nSPS) is 44.0. The summed E-state index contributed by atoms with van der Waals surface area (Å²) in [4.78, 5) is 52.6. The van der Waals surface area contributed by atoms with Crippen LogP contribution in [0.5, 0.6) is 0 Å². The van der Waals surface area contributed by atoms with E-state index in [1.165, 1.54) is 0 Å². The second-order valence-electron chi connectivity index (χ2n) is 13.5. The van der Waals surface area contributed by atoms with Crippen molar-refractivity contribution in [2.45, 2.75) is 39.5 Å². The third-order valence-corrected chi connectivity index (χ3v) is 16.6. The molecule has 8 fully saturated rings. The molecule has 0 amide bonds. The van der Waals surface area contributed by atoms with Crippen molar-refractivity contribution in [3.8, 4) is 0 Å². The summed E-state index contributed by atoms with van der Waals surface area (Å²) in [5, 5.41) is 1.86. The maximum Gasteiger partial charge on any atom is 0.532 e. The van der Waals surface area contributed by atoms with Gasteiger partial charge >= 0.3 is 41.5 Å². The van der Waals surface area contributed by atoms with Crippen molar-refractivity contribution in [2.75, 3.05) is 78.9 Å². The summed E-state index contributed by atoms with van der Waals surface area (Å²) in [6, 6.07) is 0. The summed E-state index contributed by atoms with van der Waals surface area (Å²) in [5.41, 5.74) is -1.58. The van der Waals surface area contributed by atoms with E-state index in [9.17, 15) is 19.2 Å². The molecule has 8 aliphatic heterocycles. The van der Waals surface area contributed by atoms with Gasteiger partial charge in [-0.25, -0.2) is 0 Å². The van der Waals surface area contributed by atoms with Crippen molar-refractivity contribution in [2.24, 2.45) is 22.7 Å². The zero-order chi connectivity index (χ0) is 32.2. The lowest BCUT2D eigenvalue weighted by molar-refractivity contribution is -0.156. The zero-order valence-corrected chi connectivity index (χ0v) is 28.4. The summed E-state index contributed by atoms with van der Waals surface area (Å²) < 4.78 is 46.2. The Morgan fingerprint density at radius 2 is 1.04 bits per heavy atom. The van der Waals surface area contributed by atoms with Gasteiger partial charge in [0.1, 0.15) is 0 Å². The highest BCUT2D eigenvalue weighted by atomic mass is 28.4. The summed E-state index contributed by atoms with van der Waals surface area (Å²) in [5.74, 6) is -2.57. The Labute approximate surface area is 269 Å². The maximum absolute atomic E-state index is 12.2. The van der Waals surface area contributed by atoms with E-state index in [4.69, 9.17) is 36.0 Å². The van der Waals surface area contributed by atoms with E-state index in [1.54, 1.807) is 13.8 Å². The Morgan fingerprint density at radius 1 is 0.609 bits per heavy atom. The van der Waals surface area contributed by atoms with Gasteiger partial charge in [-0.15, -0.1) is 0 Å². The van der Waals surface area contributed by atoms with Gasteiger partial charge in [0.2, 0.25) is 0 Å². The average molecular weight is 679 g/mol. The molecule has 0 N–H and O–H groups in total. The molecule has 10 aliphatic rings. The van der Waals surface area contributed by atoms with Gasteiger partial charge in [-0.3, -0.25) is 29.0 Å². The van der Waals surface area contributed by atoms with Gasteiger partial charge in [0.25, 0.3) is 0 Å². The van der Waals surface area contributed by atoms with E-state index in [-0.39, 0.29) is 0 Å². The lowest BCUT2D eigenvalue weighted by Gasteiger charge is -2.42. The van der Waals surface area contributed by atoms with Gasteiger partial charge in [-0.05, 0) is 49.9 Å². The predicted octanol–water partition coefficient (Wildman–Crippen LogP) is 0.539. The highest BCUT2D eigenvalue weighted by molar-refractivity contribution is 6.69. The molecule has 0 saturated carbocycles. The number of carbonyl (C=O) groups excluding carboxylic acids is 4. The van der Waals surface area contributed by atoms with Crippen LogP contribution in [0.4, 0.5) is 0 Å². The van der Waals surface area contributed by atoms with Crippen molar-refractivity contribution in [1.29, 1.82) is 0 Å². The molecule has 0 spiro atoms. The average Bonchev–Trinajstić information content (AvgIpc) is 3.32. The van der Waals surface area contributed by atoms with Crippen LogP contribution in [0.1, 0.15) is 39.5 Å². The fourth-order valence-corrected chi connectivity index (χ4v) is 13.2. The number of fused-ring (bicyclic) bond motifs is 14. The van der Waals surface area contributed by atoms with Gasteiger partial charge in [-0.1, -0.05) is 12.2 Å². The molecule has 0 aromatic rings. The molecular formula is C30H42N2O12Si2. The number of carbonyl (C=O) groups is 4. The highest BCUT2D eigenvalue weighted by Gasteiger charge is 2.61. The molecule has 4 bridgehead atoms. The number of rotatable bonds is 2. The Hall–Kier alpha value is -2.13. The lowest BCUT2D eigenvalue weighted by atomic mass is 9.72. The SMILES string of the molecule is C[C@@]12CC=C([Si]34OCCN(CCO3)CCO4)C[C@@H]1C(=O)OC2=O.C[C@]12CC([Si]34OCCN(CCO3)CCO4)=CC[C@H]1C(=O)OC2=O. The van der Waals surface area contributed by atoms with E-state index in [2.05, 4.69) is 9.80 Å². The van der Waals surface area contributed by atoms with Gasteiger partial charge in [-0.2, -0.15) is 0 Å². The number of hydrogen-bond acceptors (Lipinski definition) is 14. The van der Waals surface area contributed by atoms with Gasteiger partial charge < -0.3 is 36.0 Å². The quantitative estimate of drug-likeness (QED) is 0.227. The van der Waals surface area contributed by atoms with E-state index in [0.717, 1.165) is 49.7 Å². The Kier molecular flexibility index (Phi) is 8.74. The van der Waals surface area contributed by atoms with Crippen LogP contribution in [0.3, 0.4) is 0 Å². The minimum Gasteiger partial charge on any atom is -0.392 e. The van der Waals surface area contributed by atoms with Crippen molar-refractivity contribution in [3.05, 3.63) is 22.5 Å². The molecule has 4 atom stereocenters. The minimum absolute atomic E-state index is 0.401. The monoisotopic (exact) mass is 678 g/mol. The lowest BCUT2D eigenvalue weighted by Crippen LogP contribution is -2.57. The fraction of sp³-hybridized carbons (Fsp3) is 0.733. The first-order chi connectivity index (χ1) is 22.1. The first-order valence-electron chi connectivity index (χ1n) is 16.3. The predicted molar refractivity (Wildman–Crippen MR) is 160 cm³/mol. The van der Waals surface area contributed by atoms with Crippen LogP contribution < -0.4 is 0 Å². The van der Waals surface area contributed by atoms with Crippen molar-refractivity contribution in [1.82, 2.24) is 9.80 Å². The van der Waals surface area contributed by atoms with Crippen LogP contribution in [0, 0.1) is 22.7 Å². The van der Waals surface area contributed by atoms with Gasteiger partial charge in [0.15, 0.2) is 0 Å². The summed E-state index contributed by atoms with van der Waals surface area (Å²) in [7, 11) is -5.93. The third-order valence-electron chi connectivity index (χ3n) is 10.8. The second-order valence-corrected chi connectivity index (χ2v) is 18.8. The fourth-order valence-electron chi connectivity index (χ4n) is 7.63. The van der Waals surface area contributed by atoms with Crippen molar-refractivity contribution < 1.29 is 55.2 Å². The van der Waals surface area contributed by atoms with Crippen LogP contribution in [0.15, 0.2) is 22.5 Å². The van der Waals surface area contributed by atoms with E-state index >= 15 is 0 Å². The molecule has 14 nitrogen and oxygen atoms in total. The summed E-state index contributed by atoms with van der Waals surface area (Å²) in [6.45, 7) is 12.2. The third kappa shape index (κ3) is 5.59. The highest BCUT2D eigenvalue weighted by Crippen LogP contribution is 2.50. The largest absolute Gasteiger partial charge is 0.532 e. The molecular weight excluding hydrogens is 637 g/mol. The summed E-state index contributed by atoms with van der Waals surface area (Å²) in [6.07, 6.45) is 5.76. The van der Waals surface area contributed by atoms with E-state index in [0.29, 0.717) is 65.3 Å². The Bertz CT molecular complexity index is 1300. The van der Waals surface area contributed by atoms with Crippen LogP contribution in [0.2, 0.25) is 0 Å². The number of ether oxygens (including phenoxy) is 2. The molecule has 8 saturated heterocycles. The number of cyclic esters (lactones) is 4. The molecule has 16 heteroatoms. The second kappa shape index (κ2) is 12.4. The minimum atomic E-state index is -2.97. The first-order valence-corrected chi connectivity index (χ1v) is 19.7. The molecule has 0 radical (unpaired) electrons. The van der Waals surface area contributed by atoms with E-state index < -0.39 is 64.2 Å². The van der Waals surface area contributed by atoms with Crippen LogP contribution in [-0.2, 0) is 55.2 Å². The first kappa shape index (κ1) is 32.4. The van der Waals surface area contributed by atoms with E-state index in [1.807, 2.05) is 12.2 Å². The standard InChI is InChI=1S/2C15H21NO6Si/c1-15-3-2-11(10-12(15)13(17)22-14(15)18)23-19-7-4-16(5-8-20-23)6-9-21-23;1-15-10-11(2-3-12(15)13(17)22-14(15)18)23-19-7-4-16(5-8-20-23)6-9-21-23/h2*2,12H,3-10H2,1H3/t2*12-,15-/m10/s1. The molecule has 2 aliphatic carbocycles. The van der Waals surface area contributed by atoms with Crippen LogP contribution >= 0.6 is 0 Å². The number of nitrogens with zero attached hydrogens (tertiary/aromatic N) is 2. The van der Waals surface area contributed by atoms with Crippen molar-refractivity contribution >= 4 is 41.5 Å². The number of allylic oxidation sites excluding steroid dienone is 4. The summed E-state index contributed by atoms with van der Waals surface area (Å²) >= 11 is 0. The maximum atomic E-state index is 12.2. The Balaban J connectivity index is 0.000000147. The topological polar surface area (TPSA) is 149 Å². The molecule has 8 heterocycles. The smallest absolute Gasteiger partial charge is 0.392 e. The molecule has 0 unspecified atom stereocenters. The number of hydrogen-bond donors (Lipinski definition) is 0. The molecule has 252 valence electrons.